The SMILES string of the molecule is CCCCCCCCCCCCOc1cc(/C=N/NC(=O)n2cc(COCCOCCP(C)(=O)OCC)nn2)cc(OCCCCCCCCCCCC)c1. The summed E-state index contributed by atoms with van der Waals surface area (Å²) in [4.78, 5) is 12.7. The molecule has 0 spiro atoms. The first kappa shape index (κ1) is 48.4. The molecule has 2 aromatic rings. The number of amides is 1. The van der Waals surface area contributed by atoms with Crippen LogP contribution in [0.5, 0.6) is 11.5 Å². The molecule has 1 aromatic carbocycles. The van der Waals surface area contributed by atoms with E-state index < -0.39 is 13.4 Å². The predicted molar refractivity (Wildman–Crippen MR) is 223 cm³/mol. The molecule has 2 rings (SSSR count). The lowest BCUT2D eigenvalue weighted by atomic mass is 10.1. The maximum absolute atomic E-state index is 12.7. The molecule has 1 N–H and O–H groups in total. The maximum Gasteiger partial charge on any atom is 0.363 e. The van der Waals surface area contributed by atoms with Gasteiger partial charge in [0.05, 0.1) is 58.7 Å². The van der Waals surface area contributed by atoms with E-state index in [2.05, 4.69) is 34.7 Å². The van der Waals surface area contributed by atoms with Crippen LogP contribution in [0.3, 0.4) is 0 Å². The van der Waals surface area contributed by atoms with E-state index >= 15 is 0 Å². The van der Waals surface area contributed by atoms with Crippen molar-refractivity contribution in [3.63, 3.8) is 0 Å². The zero-order chi connectivity index (χ0) is 39.7. The molecule has 0 aliphatic carbocycles. The zero-order valence-electron chi connectivity index (χ0n) is 34.8. The van der Waals surface area contributed by atoms with Crippen LogP contribution in [0.1, 0.15) is 160 Å². The molecule has 0 aliphatic heterocycles. The van der Waals surface area contributed by atoms with Crippen LogP contribution in [0.15, 0.2) is 29.5 Å². The van der Waals surface area contributed by atoms with Crippen LogP contribution < -0.4 is 14.9 Å². The number of nitrogens with zero attached hydrogens (tertiary/aromatic N) is 4. The number of benzene rings is 1. The summed E-state index contributed by atoms with van der Waals surface area (Å²) in [5.74, 6) is 1.46. The van der Waals surface area contributed by atoms with Crippen molar-refractivity contribution < 1.29 is 32.8 Å². The molecule has 0 radical (unpaired) electrons. The number of hydrogen-bond acceptors (Lipinski definition) is 10. The molecular formula is C42H74N5O7P. The maximum atomic E-state index is 12.7. The Labute approximate surface area is 332 Å². The number of aromatic nitrogens is 3. The van der Waals surface area contributed by atoms with Gasteiger partial charge < -0.3 is 23.5 Å². The Balaban J connectivity index is 1.80. The molecule has 55 heavy (non-hydrogen) atoms. The molecule has 314 valence electrons. The Hall–Kier alpha value is -2.79. The summed E-state index contributed by atoms with van der Waals surface area (Å²) in [7, 11) is -2.60. The van der Waals surface area contributed by atoms with E-state index in [1.807, 2.05) is 25.1 Å². The molecule has 1 heterocycles. The molecule has 1 aromatic heterocycles. The van der Waals surface area contributed by atoms with Crippen LogP contribution in [0.4, 0.5) is 4.79 Å². The van der Waals surface area contributed by atoms with Crippen molar-refractivity contribution in [3.8, 4) is 11.5 Å². The normalized spacial score (nSPS) is 12.7. The molecule has 0 bridgehead atoms. The summed E-state index contributed by atoms with van der Waals surface area (Å²) in [6.07, 6.45) is 28.9. The molecular weight excluding hydrogens is 717 g/mol. The van der Waals surface area contributed by atoms with Gasteiger partial charge in [0.2, 0.25) is 7.37 Å². The van der Waals surface area contributed by atoms with Gasteiger partial charge in [-0.05, 0) is 31.9 Å². The van der Waals surface area contributed by atoms with Gasteiger partial charge in [0, 0.05) is 24.5 Å². The number of ether oxygens (including phenoxy) is 4. The second-order valence-corrected chi connectivity index (χ2v) is 17.2. The van der Waals surface area contributed by atoms with Crippen LogP contribution in [-0.2, 0) is 25.2 Å². The van der Waals surface area contributed by atoms with E-state index in [-0.39, 0.29) is 6.61 Å². The third kappa shape index (κ3) is 25.9. The van der Waals surface area contributed by atoms with E-state index in [1.165, 1.54) is 109 Å². The number of hydrazone groups is 1. The molecule has 0 fully saturated rings. The van der Waals surface area contributed by atoms with Gasteiger partial charge in [-0.15, -0.1) is 5.10 Å². The first-order valence-electron chi connectivity index (χ1n) is 21.4. The first-order valence-corrected chi connectivity index (χ1v) is 23.6. The van der Waals surface area contributed by atoms with Crippen molar-refractivity contribution in [3.05, 3.63) is 35.7 Å². The second kappa shape index (κ2) is 32.3. The molecule has 0 saturated heterocycles. The van der Waals surface area contributed by atoms with Crippen molar-refractivity contribution in [1.29, 1.82) is 0 Å². The Morgan fingerprint density at radius 2 is 1.22 bits per heavy atom. The Morgan fingerprint density at radius 3 is 1.75 bits per heavy atom. The number of unbranched alkanes of at least 4 members (excludes halogenated alkanes) is 18. The summed E-state index contributed by atoms with van der Waals surface area (Å²) < 4.78 is 41.8. The van der Waals surface area contributed by atoms with Crippen molar-refractivity contribution in [2.24, 2.45) is 5.10 Å². The minimum atomic E-state index is -2.60. The lowest BCUT2D eigenvalue weighted by molar-refractivity contribution is 0.0441. The third-order valence-electron chi connectivity index (χ3n) is 9.22. The number of rotatable bonds is 36. The topological polar surface area (TPSA) is 135 Å². The van der Waals surface area contributed by atoms with Crippen LogP contribution in [0.25, 0.3) is 0 Å². The molecule has 0 saturated carbocycles. The molecule has 1 unspecified atom stereocenters. The van der Waals surface area contributed by atoms with Crippen molar-refractivity contribution in [2.45, 2.75) is 156 Å². The molecule has 13 heteroatoms. The first-order chi connectivity index (χ1) is 26.9. The number of nitrogens with one attached hydrogen (secondary N) is 1. The van der Waals surface area contributed by atoms with E-state index in [4.69, 9.17) is 23.5 Å². The standard InChI is InChI=1S/C42H74N5O7P/c1-5-8-10-12-14-16-18-20-22-24-26-52-40-32-38(33-41(34-40)53-27-25-23-21-19-17-15-13-11-9-6-2)35-43-45-42(48)47-36-39(44-46-47)37-51-29-28-50-30-31-55(4,49)54-7-3/h32-36H,5-31,37H2,1-4H3,(H,45,48)/b43-35+. The Morgan fingerprint density at radius 1 is 0.709 bits per heavy atom. The fourth-order valence-electron chi connectivity index (χ4n) is 6.04. The largest absolute Gasteiger partial charge is 0.493 e. The molecule has 12 nitrogen and oxygen atoms in total. The van der Waals surface area contributed by atoms with Gasteiger partial charge in [0.1, 0.15) is 17.2 Å². The van der Waals surface area contributed by atoms with Gasteiger partial charge in [0.15, 0.2) is 0 Å². The predicted octanol–water partition coefficient (Wildman–Crippen LogP) is 10.9. The van der Waals surface area contributed by atoms with E-state index in [9.17, 15) is 9.36 Å². The summed E-state index contributed by atoms with van der Waals surface area (Å²) in [6, 6.07) is 5.21. The van der Waals surface area contributed by atoms with Crippen LogP contribution in [-0.4, -0.2) is 79.7 Å². The zero-order valence-corrected chi connectivity index (χ0v) is 35.7. The quantitative estimate of drug-likeness (QED) is 0.0309. The smallest absolute Gasteiger partial charge is 0.363 e. The molecule has 1 atom stereocenters. The van der Waals surface area contributed by atoms with E-state index in [0.717, 1.165) is 47.4 Å². The minimum Gasteiger partial charge on any atom is -0.493 e. The number of carbonyl (C=O) groups excluding carboxylic acids is 1. The summed E-state index contributed by atoms with van der Waals surface area (Å²) in [6.45, 7) is 10.8. The Kier molecular flexibility index (Phi) is 28.4. The highest BCUT2D eigenvalue weighted by Gasteiger charge is 2.14. The molecule has 0 aliphatic rings. The van der Waals surface area contributed by atoms with Gasteiger partial charge in [-0.1, -0.05) is 135 Å². The third-order valence-corrected chi connectivity index (χ3v) is 11.0. The average Bonchev–Trinajstić information content (AvgIpc) is 3.65. The lowest BCUT2D eigenvalue weighted by Crippen LogP contribution is -2.24. The van der Waals surface area contributed by atoms with Crippen LogP contribution >= 0.6 is 7.37 Å². The van der Waals surface area contributed by atoms with E-state index in [1.54, 1.807) is 12.9 Å². The average molecular weight is 792 g/mol. The monoisotopic (exact) mass is 792 g/mol. The van der Waals surface area contributed by atoms with Gasteiger partial charge in [-0.2, -0.15) is 9.78 Å². The highest BCUT2D eigenvalue weighted by atomic mass is 31.2. The van der Waals surface area contributed by atoms with Crippen molar-refractivity contribution in [2.75, 3.05) is 52.5 Å². The fourth-order valence-corrected chi connectivity index (χ4v) is 7.17. The van der Waals surface area contributed by atoms with Gasteiger partial charge in [-0.3, -0.25) is 4.57 Å². The van der Waals surface area contributed by atoms with Gasteiger partial charge in [-0.25, -0.2) is 10.2 Å². The Bertz CT molecular complexity index is 1280. The number of hydrogen-bond donors (Lipinski definition) is 1. The number of carbonyl (C=O) groups is 1. The lowest BCUT2D eigenvalue weighted by Gasteiger charge is -2.12. The van der Waals surface area contributed by atoms with Gasteiger partial charge in [0.25, 0.3) is 0 Å². The fraction of sp³-hybridized carbons (Fsp3) is 0.762. The van der Waals surface area contributed by atoms with Gasteiger partial charge >= 0.3 is 6.03 Å². The molecule has 1 amide bonds. The van der Waals surface area contributed by atoms with Crippen molar-refractivity contribution in [1.82, 2.24) is 20.4 Å². The summed E-state index contributed by atoms with van der Waals surface area (Å²) >= 11 is 0. The minimum absolute atomic E-state index is 0.166. The van der Waals surface area contributed by atoms with Crippen molar-refractivity contribution >= 4 is 19.6 Å². The summed E-state index contributed by atoms with van der Waals surface area (Å²) in [5, 5.41) is 12.1. The highest BCUT2D eigenvalue weighted by Crippen LogP contribution is 2.41. The highest BCUT2D eigenvalue weighted by molar-refractivity contribution is 7.58. The van der Waals surface area contributed by atoms with E-state index in [0.29, 0.717) is 51.5 Å². The summed E-state index contributed by atoms with van der Waals surface area (Å²) in [5.41, 5.74) is 3.76. The van der Waals surface area contributed by atoms with Crippen LogP contribution in [0.2, 0.25) is 0 Å². The van der Waals surface area contributed by atoms with Crippen LogP contribution in [0, 0.1) is 0 Å². The second-order valence-electron chi connectivity index (χ2n) is 14.4.